The summed E-state index contributed by atoms with van der Waals surface area (Å²) in [4.78, 5) is 12.2. The van der Waals surface area contributed by atoms with E-state index in [4.69, 9.17) is 4.74 Å². The van der Waals surface area contributed by atoms with E-state index < -0.39 is 6.10 Å². The second kappa shape index (κ2) is 4.88. The topological polar surface area (TPSA) is 68.1 Å². The molecule has 2 heterocycles. The lowest BCUT2D eigenvalue weighted by Gasteiger charge is -2.13. The molecule has 2 rings (SSSR count). The normalized spacial score (nSPS) is 12.2. The highest BCUT2D eigenvalue weighted by atomic mass is 16.5. The van der Waals surface area contributed by atoms with E-state index >= 15 is 0 Å². The van der Waals surface area contributed by atoms with E-state index in [0.717, 1.165) is 5.56 Å². The van der Waals surface area contributed by atoms with Crippen LogP contribution in [0.3, 0.4) is 0 Å². The zero-order valence-electron chi connectivity index (χ0n) is 9.66. The van der Waals surface area contributed by atoms with Crippen molar-refractivity contribution in [3.63, 3.8) is 0 Å². The number of aliphatic hydroxyl groups is 1. The average Bonchev–Trinajstić information content (AvgIpc) is 2.38. The summed E-state index contributed by atoms with van der Waals surface area (Å²) < 4.78 is 5.07. The highest BCUT2D eigenvalue weighted by Crippen LogP contribution is 2.26. The Balaban J connectivity index is 2.44. The van der Waals surface area contributed by atoms with Gasteiger partial charge in [-0.1, -0.05) is 6.07 Å². The third kappa shape index (κ3) is 2.24. The van der Waals surface area contributed by atoms with Crippen LogP contribution in [0.1, 0.15) is 23.1 Å². The Morgan fingerprint density at radius 1 is 1.12 bits per heavy atom. The number of hydrogen-bond acceptors (Lipinski definition) is 5. The smallest absolute Gasteiger partial charge is 0.238 e. The summed E-state index contributed by atoms with van der Waals surface area (Å²) >= 11 is 0. The standard InChI is InChI=1S/C12H13N3O2/c1-8-4-3-5-13-9(8)11(16)10-12(17-2)15-7-6-14-10/h3-7,11,16H,1-2H3. The molecule has 0 bridgehead atoms. The first-order valence-corrected chi connectivity index (χ1v) is 5.18. The number of aryl methyl sites for hydroxylation is 1. The van der Waals surface area contributed by atoms with Gasteiger partial charge in [-0.15, -0.1) is 0 Å². The Bertz CT molecular complexity index is 517. The van der Waals surface area contributed by atoms with Crippen molar-refractivity contribution < 1.29 is 9.84 Å². The minimum absolute atomic E-state index is 0.310. The van der Waals surface area contributed by atoms with Crippen LogP contribution in [0.25, 0.3) is 0 Å². The summed E-state index contributed by atoms with van der Waals surface area (Å²) in [5.41, 5.74) is 1.83. The van der Waals surface area contributed by atoms with Crippen LogP contribution in [-0.2, 0) is 0 Å². The van der Waals surface area contributed by atoms with E-state index in [1.165, 1.54) is 19.5 Å². The molecule has 0 fully saturated rings. The molecule has 1 N–H and O–H groups in total. The molecule has 0 aromatic carbocycles. The molecule has 0 saturated carbocycles. The predicted molar refractivity (Wildman–Crippen MR) is 61.6 cm³/mol. The molecule has 0 aliphatic heterocycles. The number of ether oxygens (including phenoxy) is 1. The summed E-state index contributed by atoms with van der Waals surface area (Å²) in [5, 5.41) is 10.2. The van der Waals surface area contributed by atoms with E-state index in [9.17, 15) is 5.11 Å². The Hall–Kier alpha value is -2.01. The van der Waals surface area contributed by atoms with Gasteiger partial charge in [-0.25, -0.2) is 4.98 Å². The van der Waals surface area contributed by atoms with Crippen LogP contribution in [0.2, 0.25) is 0 Å². The number of hydrogen-bond donors (Lipinski definition) is 1. The second-order valence-corrected chi connectivity index (χ2v) is 3.56. The van der Waals surface area contributed by atoms with Gasteiger partial charge >= 0.3 is 0 Å². The summed E-state index contributed by atoms with van der Waals surface area (Å²) in [5.74, 6) is 0.310. The van der Waals surface area contributed by atoms with Crippen LogP contribution in [0.15, 0.2) is 30.7 Å². The predicted octanol–water partition coefficient (Wildman–Crippen LogP) is 1.27. The lowest BCUT2D eigenvalue weighted by atomic mass is 10.1. The van der Waals surface area contributed by atoms with Gasteiger partial charge in [-0.2, -0.15) is 0 Å². The largest absolute Gasteiger partial charge is 0.480 e. The quantitative estimate of drug-likeness (QED) is 0.861. The molecule has 88 valence electrons. The van der Waals surface area contributed by atoms with Gasteiger partial charge in [-0.05, 0) is 18.6 Å². The zero-order valence-corrected chi connectivity index (χ0v) is 9.66. The van der Waals surface area contributed by atoms with E-state index in [-0.39, 0.29) is 0 Å². The molecule has 0 radical (unpaired) electrons. The molecule has 0 amide bonds. The molecular weight excluding hydrogens is 218 g/mol. The number of nitrogens with zero attached hydrogens (tertiary/aromatic N) is 3. The number of aliphatic hydroxyl groups excluding tert-OH is 1. The summed E-state index contributed by atoms with van der Waals surface area (Å²) in [6.45, 7) is 1.88. The van der Waals surface area contributed by atoms with E-state index in [2.05, 4.69) is 15.0 Å². The molecule has 5 heteroatoms. The van der Waals surface area contributed by atoms with Gasteiger partial charge in [0.25, 0.3) is 0 Å². The van der Waals surface area contributed by atoms with Gasteiger partial charge in [0.1, 0.15) is 11.8 Å². The maximum Gasteiger partial charge on any atom is 0.238 e. The van der Waals surface area contributed by atoms with Crippen LogP contribution in [0.5, 0.6) is 5.88 Å². The minimum Gasteiger partial charge on any atom is -0.480 e. The molecule has 2 aromatic heterocycles. The Morgan fingerprint density at radius 3 is 2.53 bits per heavy atom. The van der Waals surface area contributed by atoms with Gasteiger partial charge in [0.2, 0.25) is 5.88 Å². The summed E-state index contributed by atoms with van der Waals surface area (Å²) in [7, 11) is 1.49. The van der Waals surface area contributed by atoms with Gasteiger partial charge in [0.05, 0.1) is 12.8 Å². The van der Waals surface area contributed by atoms with Crippen molar-refractivity contribution in [2.75, 3.05) is 7.11 Å². The van der Waals surface area contributed by atoms with Crippen molar-refractivity contribution in [2.45, 2.75) is 13.0 Å². The first kappa shape index (κ1) is 11.5. The summed E-state index contributed by atoms with van der Waals surface area (Å²) in [6.07, 6.45) is 3.73. The maximum atomic E-state index is 10.2. The molecule has 1 unspecified atom stereocenters. The first-order chi connectivity index (χ1) is 8.24. The molecule has 0 spiro atoms. The van der Waals surface area contributed by atoms with E-state index in [1.807, 2.05) is 19.1 Å². The molecule has 0 aliphatic carbocycles. The first-order valence-electron chi connectivity index (χ1n) is 5.18. The van der Waals surface area contributed by atoms with Crippen LogP contribution in [-0.4, -0.2) is 27.2 Å². The lowest BCUT2D eigenvalue weighted by Crippen LogP contribution is -2.09. The van der Waals surface area contributed by atoms with Crippen molar-refractivity contribution in [2.24, 2.45) is 0 Å². The highest BCUT2D eigenvalue weighted by molar-refractivity contribution is 5.31. The third-order valence-electron chi connectivity index (χ3n) is 2.45. The fourth-order valence-corrected chi connectivity index (χ4v) is 1.59. The van der Waals surface area contributed by atoms with Crippen molar-refractivity contribution in [3.05, 3.63) is 47.7 Å². The molecule has 2 aromatic rings. The maximum absolute atomic E-state index is 10.2. The number of pyridine rings is 1. The van der Waals surface area contributed by atoms with Gasteiger partial charge in [0, 0.05) is 18.6 Å². The van der Waals surface area contributed by atoms with E-state index in [1.54, 1.807) is 6.20 Å². The Morgan fingerprint density at radius 2 is 1.82 bits per heavy atom. The lowest BCUT2D eigenvalue weighted by molar-refractivity contribution is 0.202. The molecule has 0 saturated heterocycles. The number of rotatable bonds is 3. The van der Waals surface area contributed by atoms with Crippen LogP contribution in [0, 0.1) is 6.92 Å². The van der Waals surface area contributed by atoms with Gasteiger partial charge in [0.15, 0.2) is 0 Å². The summed E-state index contributed by atoms with van der Waals surface area (Å²) in [6, 6.07) is 3.70. The zero-order chi connectivity index (χ0) is 12.3. The fraction of sp³-hybridized carbons (Fsp3) is 0.250. The minimum atomic E-state index is -0.931. The molecule has 1 atom stereocenters. The highest BCUT2D eigenvalue weighted by Gasteiger charge is 2.20. The van der Waals surface area contributed by atoms with Gasteiger partial charge < -0.3 is 9.84 Å². The third-order valence-corrected chi connectivity index (χ3v) is 2.45. The number of aromatic nitrogens is 3. The Kier molecular flexibility index (Phi) is 3.30. The molecule has 17 heavy (non-hydrogen) atoms. The van der Waals surface area contributed by atoms with Crippen molar-refractivity contribution in [1.82, 2.24) is 15.0 Å². The van der Waals surface area contributed by atoms with E-state index in [0.29, 0.717) is 17.3 Å². The van der Waals surface area contributed by atoms with Crippen LogP contribution >= 0.6 is 0 Å². The average molecular weight is 231 g/mol. The molecule has 0 aliphatic rings. The van der Waals surface area contributed by atoms with Crippen LogP contribution < -0.4 is 4.74 Å². The Labute approximate surface area is 99.2 Å². The second-order valence-electron chi connectivity index (χ2n) is 3.56. The number of methoxy groups -OCH3 is 1. The SMILES string of the molecule is COc1nccnc1C(O)c1ncccc1C. The fourth-order valence-electron chi connectivity index (χ4n) is 1.59. The molecular formula is C12H13N3O2. The van der Waals surface area contributed by atoms with Gasteiger partial charge in [-0.3, -0.25) is 9.97 Å². The van der Waals surface area contributed by atoms with Crippen molar-refractivity contribution >= 4 is 0 Å². The van der Waals surface area contributed by atoms with Crippen LogP contribution in [0.4, 0.5) is 0 Å². The monoisotopic (exact) mass is 231 g/mol. The molecule has 5 nitrogen and oxygen atoms in total. The van der Waals surface area contributed by atoms with Crippen molar-refractivity contribution in [3.8, 4) is 5.88 Å². The van der Waals surface area contributed by atoms with Crippen molar-refractivity contribution in [1.29, 1.82) is 0 Å².